The number of nitrogens with one attached hydrogen (secondary N) is 1. The number of nitrogens with zero attached hydrogens (tertiary/aromatic N) is 1. The fourth-order valence-electron chi connectivity index (χ4n) is 3.27. The molecule has 3 rings (SSSR count). The average Bonchev–Trinajstić information content (AvgIpc) is 2.87. The summed E-state index contributed by atoms with van der Waals surface area (Å²) in [5.41, 5.74) is 4.29. The monoisotopic (exact) mass is 366 g/mol. The number of amides is 1. The number of halogens is 1. The Bertz CT molecular complexity index is 1010. The first-order valence-electron chi connectivity index (χ1n) is 9.24. The van der Waals surface area contributed by atoms with Gasteiger partial charge >= 0.3 is 0 Å². The summed E-state index contributed by atoms with van der Waals surface area (Å²) in [5.74, 6) is -0.441. The summed E-state index contributed by atoms with van der Waals surface area (Å²) in [6, 6.07) is 12.5. The molecule has 3 aromatic rings. The predicted octanol–water partition coefficient (Wildman–Crippen LogP) is 5.41. The molecule has 0 saturated heterocycles. The largest absolute Gasteiger partial charge is 0.348 e. The third-order valence-electron chi connectivity index (χ3n) is 5.18. The minimum Gasteiger partial charge on any atom is -0.348 e. The Kier molecular flexibility index (Phi) is 4.85. The maximum absolute atomic E-state index is 14.1. The molecular formula is C23H27FN2O. The molecule has 0 unspecified atom stereocenters. The lowest BCUT2D eigenvalue weighted by molar-refractivity contribution is 0.0940. The average molecular weight is 366 g/mol. The summed E-state index contributed by atoms with van der Waals surface area (Å²) >= 11 is 0. The van der Waals surface area contributed by atoms with Crippen LogP contribution in [0.2, 0.25) is 0 Å². The van der Waals surface area contributed by atoms with Crippen LogP contribution >= 0.6 is 0 Å². The molecule has 0 radical (unpaired) electrons. The number of aryl methyl sites for hydroxylation is 2. The van der Waals surface area contributed by atoms with Gasteiger partial charge in [-0.3, -0.25) is 4.79 Å². The van der Waals surface area contributed by atoms with E-state index in [9.17, 15) is 9.18 Å². The second-order valence-electron chi connectivity index (χ2n) is 8.34. The van der Waals surface area contributed by atoms with E-state index in [0.717, 1.165) is 27.7 Å². The Balaban J connectivity index is 1.86. The van der Waals surface area contributed by atoms with Gasteiger partial charge in [-0.25, -0.2) is 4.39 Å². The van der Waals surface area contributed by atoms with Gasteiger partial charge < -0.3 is 9.88 Å². The van der Waals surface area contributed by atoms with Gasteiger partial charge in [-0.15, -0.1) is 0 Å². The Morgan fingerprint density at radius 2 is 1.81 bits per heavy atom. The molecule has 2 aromatic carbocycles. The molecule has 1 atom stereocenters. The van der Waals surface area contributed by atoms with E-state index in [1.807, 2.05) is 65.9 Å². The third kappa shape index (κ3) is 3.90. The number of carbonyl (C=O) groups is 1. The van der Waals surface area contributed by atoms with Crippen molar-refractivity contribution in [3.8, 4) is 0 Å². The van der Waals surface area contributed by atoms with Crippen LogP contribution in [0, 0.1) is 12.7 Å². The summed E-state index contributed by atoms with van der Waals surface area (Å²) in [7, 11) is 1.99. The van der Waals surface area contributed by atoms with E-state index in [1.165, 1.54) is 6.07 Å². The summed E-state index contributed by atoms with van der Waals surface area (Å²) in [6.45, 7) is 10.1. The maximum atomic E-state index is 14.1. The summed E-state index contributed by atoms with van der Waals surface area (Å²) in [6.07, 6.45) is 0. The molecule has 3 nitrogen and oxygen atoms in total. The van der Waals surface area contributed by atoms with Gasteiger partial charge in [-0.2, -0.15) is 0 Å². The van der Waals surface area contributed by atoms with Gasteiger partial charge in [-0.1, -0.05) is 32.9 Å². The quantitative estimate of drug-likeness (QED) is 0.660. The fourth-order valence-corrected chi connectivity index (χ4v) is 3.27. The first-order valence-corrected chi connectivity index (χ1v) is 9.24. The van der Waals surface area contributed by atoms with Gasteiger partial charge in [0.05, 0.1) is 6.04 Å². The van der Waals surface area contributed by atoms with Gasteiger partial charge in [0.15, 0.2) is 0 Å². The molecule has 0 aliphatic carbocycles. The van der Waals surface area contributed by atoms with Crippen molar-refractivity contribution in [2.45, 2.75) is 46.1 Å². The van der Waals surface area contributed by atoms with E-state index in [2.05, 4.69) is 16.0 Å². The van der Waals surface area contributed by atoms with Crippen molar-refractivity contribution in [3.05, 3.63) is 70.7 Å². The molecule has 0 aliphatic heterocycles. The van der Waals surface area contributed by atoms with Crippen LogP contribution in [0.1, 0.15) is 60.9 Å². The van der Waals surface area contributed by atoms with E-state index in [-0.39, 0.29) is 23.2 Å². The molecule has 0 aliphatic rings. The lowest BCUT2D eigenvalue weighted by atomic mass is 9.85. The van der Waals surface area contributed by atoms with Crippen LogP contribution in [0.3, 0.4) is 0 Å². The first-order chi connectivity index (χ1) is 12.6. The number of hydrogen-bond donors (Lipinski definition) is 1. The maximum Gasteiger partial charge on any atom is 0.251 e. The SMILES string of the molecule is Cc1cc2ccc(C(=O)N[C@@H](C)c3cc(F)cc(C(C)(C)C)c3)cc2n1C. The zero-order chi connectivity index (χ0) is 19.9. The van der Waals surface area contributed by atoms with Crippen molar-refractivity contribution in [1.29, 1.82) is 0 Å². The van der Waals surface area contributed by atoms with Gasteiger partial charge in [0.2, 0.25) is 0 Å². The lowest BCUT2D eigenvalue weighted by Gasteiger charge is -2.22. The van der Waals surface area contributed by atoms with E-state index in [1.54, 1.807) is 6.07 Å². The second kappa shape index (κ2) is 6.84. The van der Waals surface area contributed by atoms with Crippen molar-refractivity contribution in [1.82, 2.24) is 9.88 Å². The molecule has 4 heteroatoms. The Morgan fingerprint density at radius 3 is 2.48 bits per heavy atom. The first kappa shape index (κ1) is 19.2. The summed E-state index contributed by atoms with van der Waals surface area (Å²) in [5, 5.41) is 4.11. The molecule has 0 saturated carbocycles. The summed E-state index contributed by atoms with van der Waals surface area (Å²) < 4.78 is 16.2. The number of fused-ring (bicyclic) bond motifs is 1. The molecule has 1 amide bonds. The molecule has 1 aromatic heterocycles. The second-order valence-corrected chi connectivity index (χ2v) is 8.34. The molecule has 0 fully saturated rings. The van der Waals surface area contributed by atoms with Crippen molar-refractivity contribution >= 4 is 16.8 Å². The van der Waals surface area contributed by atoms with Gasteiger partial charge in [0.25, 0.3) is 5.91 Å². The van der Waals surface area contributed by atoms with Crippen LogP contribution < -0.4 is 5.32 Å². The smallest absolute Gasteiger partial charge is 0.251 e. The van der Waals surface area contributed by atoms with E-state index >= 15 is 0 Å². The standard InChI is InChI=1S/C23H27FN2O/c1-14-9-16-7-8-17(12-21(16)26(14)6)22(27)25-15(2)18-10-19(23(3,4)5)13-20(24)11-18/h7-13,15H,1-6H3,(H,25,27)/t15-/m0/s1. The number of hydrogen-bond acceptors (Lipinski definition) is 1. The van der Waals surface area contributed by atoms with Crippen LogP contribution in [-0.2, 0) is 12.5 Å². The van der Waals surface area contributed by atoms with E-state index in [0.29, 0.717) is 5.56 Å². The fraction of sp³-hybridized carbons (Fsp3) is 0.348. The van der Waals surface area contributed by atoms with Crippen LogP contribution in [0.15, 0.2) is 42.5 Å². The zero-order valence-corrected chi connectivity index (χ0v) is 16.9. The van der Waals surface area contributed by atoms with Crippen molar-refractivity contribution in [2.75, 3.05) is 0 Å². The molecule has 0 bridgehead atoms. The van der Waals surface area contributed by atoms with Crippen LogP contribution in [0.5, 0.6) is 0 Å². The molecule has 27 heavy (non-hydrogen) atoms. The van der Waals surface area contributed by atoms with Crippen molar-refractivity contribution in [3.63, 3.8) is 0 Å². The molecular weight excluding hydrogens is 339 g/mol. The highest BCUT2D eigenvalue weighted by molar-refractivity contribution is 5.98. The number of rotatable bonds is 3. The zero-order valence-electron chi connectivity index (χ0n) is 16.9. The number of benzene rings is 2. The highest BCUT2D eigenvalue weighted by atomic mass is 19.1. The van der Waals surface area contributed by atoms with Crippen molar-refractivity contribution in [2.24, 2.45) is 7.05 Å². The molecule has 1 N–H and O–H groups in total. The topological polar surface area (TPSA) is 34.0 Å². The highest BCUT2D eigenvalue weighted by Gasteiger charge is 2.19. The van der Waals surface area contributed by atoms with Gasteiger partial charge in [-0.05, 0) is 66.1 Å². The van der Waals surface area contributed by atoms with Crippen LogP contribution in [-0.4, -0.2) is 10.5 Å². The predicted molar refractivity (Wildman–Crippen MR) is 109 cm³/mol. The molecule has 0 spiro atoms. The Labute approximate surface area is 160 Å². The highest BCUT2D eigenvalue weighted by Crippen LogP contribution is 2.27. The van der Waals surface area contributed by atoms with E-state index < -0.39 is 0 Å². The Morgan fingerprint density at radius 1 is 1.11 bits per heavy atom. The van der Waals surface area contributed by atoms with Gasteiger partial charge in [0.1, 0.15) is 5.82 Å². The lowest BCUT2D eigenvalue weighted by Crippen LogP contribution is -2.27. The number of carbonyl (C=O) groups excluding carboxylic acids is 1. The minimum atomic E-state index is -0.292. The van der Waals surface area contributed by atoms with E-state index in [4.69, 9.17) is 0 Å². The third-order valence-corrected chi connectivity index (χ3v) is 5.18. The van der Waals surface area contributed by atoms with Crippen molar-refractivity contribution < 1.29 is 9.18 Å². The number of aromatic nitrogens is 1. The Hall–Kier alpha value is -2.62. The summed E-state index contributed by atoms with van der Waals surface area (Å²) in [4.78, 5) is 12.7. The van der Waals surface area contributed by atoms with Crippen LogP contribution in [0.25, 0.3) is 10.9 Å². The normalized spacial score (nSPS) is 13.0. The van der Waals surface area contributed by atoms with Gasteiger partial charge in [0, 0.05) is 23.8 Å². The minimum absolute atomic E-state index is 0.157. The molecule has 142 valence electrons. The van der Waals surface area contributed by atoms with Crippen LogP contribution in [0.4, 0.5) is 4.39 Å². The molecule has 1 heterocycles.